The average Bonchev–Trinajstić information content (AvgIpc) is 3.65. The molecule has 10 nitrogen and oxygen atoms in total. The lowest BCUT2D eigenvalue weighted by Gasteiger charge is -2.40. The second-order valence-electron chi connectivity index (χ2n) is 11.4. The van der Waals surface area contributed by atoms with Gasteiger partial charge in [-0.05, 0) is 49.0 Å². The van der Waals surface area contributed by atoms with Crippen LogP contribution < -0.4 is 24.8 Å². The highest BCUT2D eigenvalue weighted by molar-refractivity contribution is 7.14. The predicted molar refractivity (Wildman–Crippen MR) is 163 cm³/mol. The van der Waals surface area contributed by atoms with Crippen molar-refractivity contribution in [2.45, 2.75) is 57.0 Å². The summed E-state index contributed by atoms with van der Waals surface area (Å²) in [6.45, 7) is 3.87. The summed E-state index contributed by atoms with van der Waals surface area (Å²) in [6.07, 6.45) is -0.338. The molecule has 15 heteroatoms. The van der Waals surface area contributed by atoms with Crippen LogP contribution in [-0.4, -0.2) is 77.1 Å². The van der Waals surface area contributed by atoms with Crippen LogP contribution in [-0.2, 0) is 24.6 Å². The molecule has 3 aromatic rings. The van der Waals surface area contributed by atoms with E-state index in [1.54, 1.807) is 13.3 Å². The Kier molecular flexibility index (Phi) is 9.01. The zero-order valence-corrected chi connectivity index (χ0v) is 26.6. The number of hydrogen-bond acceptors (Lipinski definition) is 9. The van der Waals surface area contributed by atoms with E-state index in [0.717, 1.165) is 59.3 Å². The first-order valence-electron chi connectivity index (χ1n) is 14.7. The lowest BCUT2D eigenvalue weighted by molar-refractivity contribution is -0.143. The number of carbonyl (C=O) groups excluding carboxylic acids is 1. The van der Waals surface area contributed by atoms with Gasteiger partial charge in [-0.1, -0.05) is 35.1 Å². The first-order valence-corrected chi connectivity index (χ1v) is 15.9. The quantitative estimate of drug-likeness (QED) is 0.287. The number of carbonyl (C=O) groups is 1. The van der Waals surface area contributed by atoms with Gasteiger partial charge in [0.2, 0.25) is 0 Å². The number of nitrogens with zero attached hydrogens (tertiary/aromatic N) is 4. The SMILES string of the molecule is COc1cccc(CN(C(=O)C2=C(c3cnc(OCCOc4nn(C)c(C(F)(F)F)c4Cl)s3)CC3CNC[C@H]2N3)C2CC2)c1C. The molecular formula is C30H34ClF3N6O4S. The van der Waals surface area contributed by atoms with Crippen LogP contribution in [0.4, 0.5) is 13.2 Å². The Morgan fingerprint density at radius 3 is 2.71 bits per heavy atom. The molecule has 242 valence electrons. The number of aryl methyl sites for hydroxylation is 1. The van der Waals surface area contributed by atoms with Crippen LogP contribution in [0.1, 0.15) is 41.0 Å². The molecule has 45 heavy (non-hydrogen) atoms. The Hall–Kier alpha value is -3.33. The molecule has 2 bridgehead atoms. The number of piperazine rings is 1. The fourth-order valence-corrected chi connectivity index (χ4v) is 7.13. The van der Waals surface area contributed by atoms with Crippen molar-refractivity contribution in [1.82, 2.24) is 30.3 Å². The van der Waals surface area contributed by atoms with Gasteiger partial charge in [-0.15, -0.1) is 5.10 Å². The van der Waals surface area contributed by atoms with E-state index in [4.69, 9.17) is 25.8 Å². The summed E-state index contributed by atoms with van der Waals surface area (Å²) < 4.78 is 56.9. The van der Waals surface area contributed by atoms with E-state index < -0.39 is 16.9 Å². The van der Waals surface area contributed by atoms with Crippen molar-refractivity contribution in [2.75, 3.05) is 33.4 Å². The lowest BCUT2D eigenvalue weighted by atomic mass is 9.86. The van der Waals surface area contributed by atoms with Crippen molar-refractivity contribution in [3.05, 3.63) is 56.7 Å². The third kappa shape index (κ3) is 6.64. The van der Waals surface area contributed by atoms with Gasteiger partial charge in [-0.3, -0.25) is 9.48 Å². The van der Waals surface area contributed by atoms with Crippen molar-refractivity contribution in [3.8, 4) is 16.8 Å². The molecule has 4 heterocycles. The number of benzene rings is 1. The molecule has 1 saturated heterocycles. The highest BCUT2D eigenvalue weighted by Crippen LogP contribution is 2.40. The first kappa shape index (κ1) is 31.6. The number of fused-ring (bicyclic) bond motifs is 2. The molecule has 2 atom stereocenters. The van der Waals surface area contributed by atoms with Crippen molar-refractivity contribution in [3.63, 3.8) is 0 Å². The minimum atomic E-state index is -4.66. The molecule has 2 N–H and O–H groups in total. The predicted octanol–water partition coefficient (Wildman–Crippen LogP) is 4.60. The fraction of sp³-hybridized carbons (Fsp3) is 0.500. The van der Waals surface area contributed by atoms with E-state index in [-0.39, 0.29) is 43.1 Å². The average molecular weight is 667 g/mol. The zero-order valence-electron chi connectivity index (χ0n) is 25.0. The summed E-state index contributed by atoms with van der Waals surface area (Å²) in [5.74, 6) is 0.498. The number of alkyl halides is 3. The Labute approximate surface area is 267 Å². The van der Waals surface area contributed by atoms with E-state index >= 15 is 0 Å². The van der Waals surface area contributed by atoms with Crippen LogP contribution in [0.15, 0.2) is 30.0 Å². The molecular weight excluding hydrogens is 633 g/mol. The largest absolute Gasteiger partial charge is 0.496 e. The maximum absolute atomic E-state index is 14.4. The molecule has 6 rings (SSSR count). The molecule has 1 saturated carbocycles. The van der Waals surface area contributed by atoms with E-state index in [0.29, 0.717) is 29.4 Å². The fourth-order valence-electron chi connectivity index (χ4n) is 5.95. The van der Waals surface area contributed by atoms with Gasteiger partial charge in [-0.2, -0.15) is 13.2 Å². The van der Waals surface area contributed by atoms with Gasteiger partial charge >= 0.3 is 6.18 Å². The molecule has 0 radical (unpaired) electrons. The Bertz CT molecular complexity index is 1600. The Balaban J connectivity index is 1.19. The van der Waals surface area contributed by atoms with Gasteiger partial charge in [0.1, 0.15) is 24.0 Å². The number of thiazole rings is 1. The van der Waals surface area contributed by atoms with E-state index in [1.165, 1.54) is 11.3 Å². The zero-order chi connectivity index (χ0) is 31.9. The minimum Gasteiger partial charge on any atom is -0.496 e. The van der Waals surface area contributed by atoms with Gasteiger partial charge < -0.3 is 29.7 Å². The monoisotopic (exact) mass is 666 g/mol. The number of rotatable bonds is 11. The molecule has 3 aliphatic rings. The van der Waals surface area contributed by atoms with Gasteiger partial charge in [0.05, 0.1) is 18.0 Å². The molecule has 1 aliphatic carbocycles. The highest BCUT2D eigenvalue weighted by atomic mass is 35.5. The molecule has 2 aromatic heterocycles. The van der Waals surface area contributed by atoms with Crippen LogP contribution >= 0.6 is 22.9 Å². The molecule has 1 unspecified atom stereocenters. The third-order valence-corrected chi connectivity index (χ3v) is 9.60. The number of ether oxygens (including phenoxy) is 3. The first-order chi connectivity index (χ1) is 21.5. The lowest BCUT2D eigenvalue weighted by Crippen LogP contribution is -2.59. The van der Waals surface area contributed by atoms with Gasteiger partial charge in [-0.25, -0.2) is 4.98 Å². The summed E-state index contributed by atoms with van der Waals surface area (Å²) in [5, 5.41) is 10.6. The number of hydrogen-bond donors (Lipinski definition) is 2. The van der Waals surface area contributed by atoms with E-state index in [2.05, 4.69) is 20.7 Å². The van der Waals surface area contributed by atoms with Gasteiger partial charge in [0.15, 0.2) is 5.69 Å². The van der Waals surface area contributed by atoms with Crippen LogP contribution in [0.3, 0.4) is 0 Å². The number of halogens is 4. The van der Waals surface area contributed by atoms with Crippen LogP contribution in [0.5, 0.6) is 16.8 Å². The van der Waals surface area contributed by atoms with E-state index in [9.17, 15) is 18.0 Å². The summed E-state index contributed by atoms with van der Waals surface area (Å²) in [7, 11) is 2.80. The number of amides is 1. The normalized spacial score (nSPS) is 19.9. The van der Waals surface area contributed by atoms with E-state index in [1.807, 2.05) is 30.0 Å². The maximum Gasteiger partial charge on any atom is 0.434 e. The second kappa shape index (κ2) is 12.8. The summed E-state index contributed by atoms with van der Waals surface area (Å²) in [5.41, 5.74) is 2.70. The van der Waals surface area contributed by atoms with Crippen molar-refractivity contribution >= 4 is 34.4 Å². The number of methoxy groups -OCH3 is 1. The molecule has 2 aliphatic heterocycles. The smallest absolute Gasteiger partial charge is 0.434 e. The molecule has 1 amide bonds. The van der Waals surface area contributed by atoms with Gasteiger partial charge in [0, 0.05) is 50.5 Å². The maximum atomic E-state index is 14.4. The van der Waals surface area contributed by atoms with Crippen molar-refractivity contribution < 1.29 is 32.2 Å². The summed E-state index contributed by atoms with van der Waals surface area (Å²) in [6, 6.07) is 6.14. The third-order valence-electron chi connectivity index (χ3n) is 8.29. The molecule has 1 aromatic carbocycles. The number of nitrogens with one attached hydrogen (secondary N) is 2. The summed E-state index contributed by atoms with van der Waals surface area (Å²) in [4.78, 5) is 21.7. The van der Waals surface area contributed by atoms with Crippen LogP contribution in [0, 0.1) is 6.92 Å². The standard InChI is InChI=1S/C30H34ClF3N6O4S/c1-16-17(5-4-6-22(16)42-3)15-40(19-7-8-19)28(41)24-20(11-18-12-35-13-21(24)37-18)23-14-36-29(45-23)44-10-9-43-27-25(31)26(30(32,33)34)39(2)38-27/h4-6,14,18-19,21,35,37H,7-13,15H2,1-3H3/t18?,21-/m1/s1. The number of aromatic nitrogens is 3. The van der Waals surface area contributed by atoms with Crippen molar-refractivity contribution in [2.24, 2.45) is 7.05 Å². The molecule has 2 fully saturated rings. The van der Waals surface area contributed by atoms with Crippen LogP contribution in [0.2, 0.25) is 5.02 Å². The molecule has 0 spiro atoms. The van der Waals surface area contributed by atoms with Crippen molar-refractivity contribution in [1.29, 1.82) is 0 Å². The Morgan fingerprint density at radius 2 is 2.00 bits per heavy atom. The van der Waals surface area contributed by atoms with Crippen LogP contribution in [0.25, 0.3) is 5.57 Å². The van der Waals surface area contributed by atoms with Gasteiger partial charge in [0.25, 0.3) is 17.0 Å². The second-order valence-corrected chi connectivity index (χ2v) is 12.7. The minimum absolute atomic E-state index is 0.0120. The Morgan fingerprint density at radius 1 is 1.22 bits per heavy atom. The summed E-state index contributed by atoms with van der Waals surface area (Å²) >= 11 is 7.19. The highest BCUT2D eigenvalue weighted by Gasteiger charge is 2.42. The topological polar surface area (TPSA) is 103 Å².